The van der Waals surface area contributed by atoms with Crippen molar-refractivity contribution >= 4 is 23.2 Å². The van der Waals surface area contributed by atoms with E-state index in [1.54, 1.807) is 0 Å². The third-order valence-corrected chi connectivity index (χ3v) is 6.01. The maximum absolute atomic E-state index is 12.5. The Labute approximate surface area is 166 Å². The minimum absolute atomic E-state index is 0.165. The number of rotatable bonds is 6. The predicted octanol–water partition coefficient (Wildman–Crippen LogP) is 2.22. The highest BCUT2D eigenvalue weighted by Gasteiger charge is 2.30. The molecule has 0 saturated carbocycles. The van der Waals surface area contributed by atoms with Gasteiger partial charge in [0, 0.05) is 50.8 Å². The lowest BCUT2D eigenvalue weighted by Gasteiger charge is -2.37. The van der Waals surface area contributed by atoms with Crippen molar-refractivity contribution in [3.05, 3.63) is 22.4 Å². The Morgan fingerprint density at radius 1 is 1.37 bits per heavy atom. The smallest absolute Gasteiger partial charge is 0.251 e. The zero-order chi connectivity index (χ0) is 19.1. The largest absolute Gasteiger partial charge is 0.368 e. The van der Waals surface area contributed by atoms with Gasteiger partial charge < -0.3 is 19.9 Å². The van der Waals surface area contributed by atoms with E-state index in [9.17, 15) is 4.79 Å². The molecule has 0 bridgehead atoms. The second-order valence-electron chi connectivity index (χ2n) is 7.40. The van der Waals surface area contributed by atoms with Crippen LogP contribution in [0.15, 0.2) is 22.5 Å². The van der Waals surface area contributed by atoms with Crippen molar-refractivity contribution in [2.45, 2.75) is 39.2 Å². The molecule has 0 aliphatic carbocycles. The van der Waals surface area contributed by atoms with Crippen LogP contribution in [0.4, 0.5) is 0 Å². The molecule has 27 heavy (non-hydrogen) atoms. The van der Waals surface area contributed by atoms with Crippen LogP contribution in [0.2, 0.25) is 0 Å². The van der Waals surface area contributed by atoms with E-state index in [4.69, 9.17) is 9.73 Å². The summed E-state index contributed by atoms with van der Waals surface area (Å²) in [4.78, 5) is 23.0. The number of ether oxygens (including phenoxy) is 1. The molecule has 6 nitrogen and oxygen atoms in total. The number of guanidine groups is 1. The SMILES string of the molecule is CCNC(=NCC(C)Cc1cccs1)N1CCN(C(=O)C2CCCO2)CC1. The summed E-state index contributed by atoms with van der Waals surface area (Å²) in [5.41, 5.74) is 0. The monoisotopic (exact) mass is 392 g/mol. The highest BCUT2D eigenvalue weighted by atomic mass is 32.1. The maximum atomic E-state index is 12.5. The molecule has 3 heterocycles. The van der Waals surface area contributed by atoms with E-state index in [2.05, 4.69) is 41.6 Å². The Hall–Kier alpha value is -1.60. The summed E-state index contributed by atoms with van der Waals surface area (Å²) in [7, 11) is 0. The lowest BCUT2D eigenvalue weighted by Crippen LogP contribution is -2.55. The molecule has 2 saturated heterocycles. The van der Waals surface area contributed by atoms with Gasteiger partial charge in [-0.25, -0.2) is 0 Å². The van der Waals surface area contributed by atoms with Crippen LogP contribution in [0.5, 0.6) is 0 Å². The number of aliphatic imine (C=N–C) groups is 1. The minimum atomic E-state index is -0.212. The zero-order valence-electron chi connectivity index (χ0n) is 16.5. The third kappa shape index (κ3) is 5.69. The Morgan fingerprint density at radius 2 is 2.15 bits per heavy atom. The van der Waals surface area contributed by atoms with E-state index in [0.717, 1.165) is 71.1 Å². The van der Waals surface area contributed by atoms with Gasteiger partial charge in [0.2, 0.25) is 0 Å². The summed E-state index contributed by atoms with van der Waals surface area (Å²) in [5.74, 6) is 1.65. The molecule has 2 aliphatic rings. The number of nitrogens with zero attached hydrogens (tertiary/aromatic N) is 3. The maximum Gasteiger partial charge on any atom is 0.251 e. The summed E-state index contributed by atoms with van der Waals surface area (Å²) in [5, 5.41) is 5.55. The molecule has 3 rings (SSSR count). The lowest BCUT2D eigenvalue weighted by atomic mass is 10.1. The number of carbonyl (C=O) groups is 1. The van der Waals surface area contributed by atoms with Gasteiger partial charge in [-0.05, 0) is 43.6 Å². The van der Waals surface area contributed by atoms with Crippen LogP contribution in [-0.4, -0.2) is 73.6 Å². The van der Waals surface area contributed by atoms with Crippen LogP contribution in [0, 0.1) is 5.92 Å². The third-order valence-electron chi connectivity index (χ3n) is 5.11. The molecule has 1 aromatic heterocycles. The van der Waals surface area contributed by atoms with E-state index in [0.29, 0.717) is 5.92 Å². The second kappa shape index (κ2) is 10.1. The highest BCUT2D eigenvalue weighted by Crippen LogP contribution is 2.17. The second-order valence-corrected chi connectivity index (χ2v) is 8.43. The first-order chi connectivity index (χ1) is 13.2. The molecule has 2 fully saturated rings. The van der Waals surface area contributed by atoms with Crippen molar-refractivity contribution in [2.24, 2.45) is 10.9 Å². The van der Waals surface area contributed by atoms with Crippen LogP contribution >= 0.6 is 11.3 Å². The Kier molecular flexibility index (Phi) is 7.52. The number of hydrogen-bond acceptors (Lipinski definition) is 4. The van der Waals surface area contributed by atoms with Crippen LogP contribution < -0.4 is 5.32 Å². The molecular formula is C20H32N4O2S. The summed E-state index contributed by atoms with van der Waals surface area (Å²) in [6.07, 6.45) is 2.73. The lowest BCUT2D eigenvalue weighted by molar-refractivity contribution is -0.142. The first-order valence-corrected chi connectivity index (χ1v) is 11.0. The van der Waals surface area contributed by atoms with Crippen molar-refractivity contribution < 1.29 is 9.53 Å². The van der Waals surface area contributed by atoms with Crippen molar-refractivity contribution in [3.63, 3.8) is 0 Å². The van der Waals surface area contributed by atoms with Gasteiger partial charge in [0.1, 0.15) is 6.10 Å². The van der Waals surface area contributed by atoms with Gasteiger partial charge in [0.05, 0.1) is 0 Å². The fourth-order valence-corrected chi connectivity index (χ4v) is 4.49. The molecule has 150 valence electrons. The molecule has 1 N–H and O–H groups in total. The van der Waals surface area contributed by atoms with Gasteiger partial charge >= 0.3 is 0 Å². The van der Waals surface area contributed by atoms with Gasteiger partial charge in [-0.2, -0.15) is 0 Å². The van der Waals surface area contributed by atoms with Crippen LogP contribution in [-0.2, 0) is 16.0 Å². The molecule has 0 spiro atoms. The number of carbonyl (C=O) groups excluding carboxylic acids is 1. The van der Waals surface area contributed by atoms with Crippen molar-refractivity contribution in [1.82, 2.24) is 15.1 Å². The van der Waals surface area contributed by atoms with E-state index in [1.165, 1.54) is 4.88 Å². The molecule has 2 atom stereocenters. The van der Waals surface area contributed by atoms with Crippen LogP contribution in [0.1, 0.15) is 31.6 Å². The Bertz CT molecular complexity index is 606. The van der Waals surface area contributed by atoms with Crippen LogP contribution in [0.3, 0.4) is 0 Å². The van der Waals surface area contributed by atoms with Gasteiger partial charge in [0.15, 0.2) is 5.96 Å². The summed E-state index contributed by atoms with van der Waals surface area (Å²) < 4.78 is 5.55. The molecule has 0 radical (unpaired) electrons. The number of hydrogen-bond donors (Lipinski definition) is 1. The Balaban J connectivity index is 1.50. The minimum Gasteiger partial charge on any atom is -0.368 e. The molecule has 1 aromatic rings. The first-order valence-electron chi connectivity index (χ1n) is 10.1. The van der Waals surface area contributed by atoms with Crippen molar-refractivity contribution in [3.8, 4) is 0 Å². The topological polar surface area (TPSA) is 57.2 Å². The molecule has 1 amide bonds. The fraction of sp³-hybridized carbons (Fsp3) is 0.700. The quantitative estimate of drug-likeness (QED) is 0.596. The average molecular weight is 393 g/mol. The zero-order valence-corrected chi connectivity index (χ0v) is 17.3. The number of piperazine rings is 1. The fourth-order valence-electron chi connectivity index (χ4n) is 3.62. The van der Waals surface area contributed by atoms with E-state index >= 15 is 0 Å². The average Bonchev–Trinajstić information content (AvgIpc) is 3.39. The summed E-state index contributed by atoms with van der Waals surface area (Å²) in [6, 6.07) is 4.30. The van der Waals surface area contributed by atoms with Gasteiger partial charge in [-0.1, -0.05) is 13.0 Å². The molecule has 2 aliphatic heterocycles. The van der Waals surface area contributed by atoms with Gasteiger partial charge in [-0.15, -0.1) is 11.3 Å². The van der Waals surface area contributed by atoms with Crippen molar-refractivity contribution in [2.75, 3.05) is 45.9 Å². The molecule has 0 aromatic carbocycles. The van der Waals surface area contributed by atoms with E-state index in [-0.39, 0.29) is 12.0 Å². The van der Waals surface area contributed by atoms with E-state index < -0.39 is 0 Å². The molecule has 7 heteroatoms. The summed E-state index contributed by atoms with van der Waals surface area (Å²) >= 11 is 1.81. The van der Waals surface area contributed by atoms with Crippen LogP contribution in [0.25, 0.3) is 0 Å². The normalized spacial score (nSPS) is 22.1. The van der Waals surface area contributed by atoms with E-state index in [1.807, 2.05) is 16.2 Å². The number of nitrogens with one attached hydrogen (secondary N) is 1. The number of thiophene rings is 1. The Morgan fingerprint density at radius 3 is 2.78 bits per heavy atom. The van der Waals surface area contributed by atoms with Crippen molar-refractivity contribution in [1.29, 1.82) is 0 Å². The van der Waals surface area contributed by atoms with Gasteiger partial charge in [0.25, 0.3) is 5.91 Å². The summed E-state index contributed by atoms with van der Waals surface area (Å²) in [6.45, 7) is 9.88. The molecule has 2 unspecified atom stereocenters. The van der Waals surface area contributed by atoms with Gasteiger partial charge in [-0.3, -0.25) is 9.79 Å². The predicted molar refractivity (Wildman–Crippen MR) is 110 cm³/mol. The first kappa shape index (κ1) is 20.1. The molecular weight excluding hydrogens is 360 g/mol. The standard InChI is InChI=1S/C20H32N4O2S/c1-3-21-20(22-15-16(2)14-17-6-5-13-27-17)24-10-8-23(9-11-24)19(25)18-7-4-12-26-18/h5-6,13,16,18H,3-4,7-12,14-15H2,1-2H3,(H,21,22). The number of amides is 1. The highest BCUT2D eigenvalue weighted by molar-refractivity contribution is 7.09.